The van der Waals surface area contributed by atoms with Crippen LogP contribution in [-0.4, -0.2) is 36.1 Å². The molecule has 6 heteroatoms. The third kappa shape index (κ3) is 1.80. The highest BCUT2D eigenvalue weighted by molar-refractivity contribution is 7.21. The van der Waals surface area contributed by atoms with Gasteiger partial charge in [0.15, 0.2) is 5.84 Å². The molecule has 1 aromatic heterocycles. The van der Waals surface area contributed by atoms with Crippen molar-refractivity contribution in [2.24, 2.45) is 10.9 Å². The average Bonchev–Trinajstić information content (AvgIpc) is 3.11. The first-order valence-corrected chi connectivity index (χ1v) is 8.88. The molecule has 0 aliphatic carbocycles. The van der Waals surface area contributed by atoms with Crippen molar-refractivity contribution in [2.75, 3.05) is 19.6 Å². The quantitative estimate of drug-likeness (QED) is 0.870. The van der Waals surface area contributed by atoms with Crippen LogP contribution < -0.4 is 5.48 Å². The van der Waals surface area contributed by atoms with Crippen molar-refractivity contribution in [1.29, 1.82) is 0 Å². The van der Waals surface area contributed by atoms with E-state index in [0.717, 1.165) is 27.7 Å². The molecule has 3 fully saturated rings. The molecule has 4 nitrogen and oxygen atoms in total. The minimum Gasteiger partial charge on any atom is -0.298 e. The summed E-state index contributed by atoms with van der Waals surface area (Å²) in [6.07, 6.45) is 2.33. The standard InChI is InChI=1S/C16H16ClN3OS/c17-13-11-3-1-2-4-12(11)22-14(13)15-18-16(21-19-15)9-20-7-5-10(16)6-8-20/h1-4,10H,5-9H2,(H,18,19)/t16-/m1/s1. The zero-order valence-corrected chi connectivity index (χ0v) is 13.6. The largest absolute Gasteiger partial charge is 0.298 e. The van der Waals surface area contributed by atoms with Gasteiger partial charge in [-0.2, -0.15) is 0 Å². The second kappa shape index (κ2) is 4.68. The van der Waals surface area contributed by atoms with Gasteiger partial charge in [-0.3, -0.25) is 4.90 Å². The van der Waals surface area contributed by atoms with E-state index in [9.17, 15) is 0 Å². The van der Waals surface area contributed by atoms with Gasteiger partial charge in [-0.1, -0.05) is 29.8 Å². The molecule has 6 rings (SSSR count). The fourth-order valence-corrected chi connectivity index (χ4v) is 5.33. The summed E-state index contributed by atoms with van der Waals surface area (Å²) < 4.78 is 1.18. The minimum absolute atomic E-state index is 0.411. The lowest BCUT2D eigenvalue weighted by Gasteiger charge is -2.47. The maximum absolute atomic E-state index is 6.57. The SMILES string of the molecule is Clc1c(C2=N[C@]3(CN4CCC3CC4)ON2)sc2ccccc12. The number of hydroxylamine groups is 1. The minimum atomic E-state index is -0.411. The number of nitrogens with one attached hydrogen (secondary N) is 1. The zero-order valence-electron chi connectivity index (χ0n) is 12.0. The van der Waals surface area contributed by atoms with Gasteiger partial charge >= 0.3 is 0 Å². The van der Waals surface area contributed by atoms with Crippen LogP contribution in [0.15, 0.2) is 29.3 Å². The molecule has 5 heterocycles. The Balaban J connectivity index is 1.58. The van der Waals surface area contributed by atoms with Crippen molar-refractivity contribution in [3.05, 3.63) is 34.2 Å². The number of amidine groups is 1. The third-order valence-electron chi connectivity index (χ3n) is 5.05. The summed E-state index contributed by atoms with van der Waals surface area (Å²) in [5.41, 5.74) is 2.66. The molecule has 2 bridgehead atoms. The predicted octanol–water partition coefficient (Wildman–Crippen LogP) is 3.26. The Morgan fingerprint density at radius 2 is 2.14 bits per heavy atom. The molecular weight excluding hydrogens is 318 g/mol. The third-order valence-corrected chi connectivity index (χ3v) is 6.73. The maximum atomic E-state index is 6.57. The lowest BCUT2D eigenvalue weighted by molar-refractivity contribution is -0.155. The van der Waals surface area contributed by atoms with Gasteiger partial charge in [0.05, 0.1) is 16.4 Å². The van der Waals surface area contributed by atoms with Crippen molar-refractivity contribution in [2.45, 2.75) is 18.6 Å². The van der Waals surface area contributed by atoms with Crippen LogP contribution in [0.5, 0.6) is 0 Å². The molecule has 1 N–H and O–H groups in total. The molecule has 1 aromatic carbocycles. The monoisotopic (exact) mass is 333 g/mol. The van der Waals surface area contributed by atoms with Gasteiger partial charge in [-0.05, 0) is 32.0 Å². The smallest absolute Gasteiger partial charge is 0.202 e. The highest BCUT2D eigenvalue weighted by Crippen LogP contribution is 2.43. The van der Waals surface area contributed by atoms with Crippen molar-refractivity contribution in [3.63, 3.8) is 0 Å². The summed E-state index contributed by atoms with van der Waals surface area (Å²) in [4.78, 5) is 14.4. The number of hydrogen-bond donors (Lipinski definition) is 1. The summed E-state index contributed by atoms with van der Waals surface area (Å²) in [5, 5.41) is 1.86. The highest BCUT2D eigenvalue weighted by atomic mass is 35.5. The summed E-state index contributed by atoms with van der Waals surface area (Å²) in [6, 6.07) is 8.20. The van der Waals surface area contributed by atoms with Gasteiger partial charge in [0.1, 0.15) is 0 Å². The summed E-state index contributed by atoms with van der Waals surface area (Å²) in [5.74, 6) is 1.30. The number of benzene rings is 1. The van der Waals surface area contributed by atoms with E-state index in [1.807, 2.05) is 12.1 Å². The van der Waals surface area contributed by atoms with Crippen molar-refractivity contribution in [3.8, 4) is 0 Å². The van der Waals surface area contributed by atoms with E-state index in [1.54, 1.807) is 11.3 Å². The van der Waals surface area contributed by atoms with Gasteiger partial charge in [0.2, 0.25) is 5.72 Å². The number of aliphatic imine (C=N–C) groups is 1. The number of nitrogens with zero attached hydrogens (tertiary/aromatic N) is 2. The topological polar surface area (TPSA) is 36.9 Å². The van der Waals surface area contributed by atoms with Crippen molar-refractivity contribution in [1.82, 2.24) is 10.4 Å². The van der Waals surface area contributed by atoms with Gasteiger partial charge in [-0.15, -0.1) is 11.3 Å². The molecule has 0 saturated carbocycles. The number of piperidine rings is 3. The number of hydrogen-bond acceptors (Lipinski definition) is 5. The molecule has 4 aliphatic rings. The van der Waals surface area contributed by atoms with Crippen LogP contribution in [-0.2, 0) is 4.84 Å². The summed E-state index contributed by atoms with van der Waals surface area (Å²) >= 11 is 8.24. The average molecular weight is 334 g/mol. The van der Waals surface area contributed by atoms with E-state index in [0.29, 0.717) is 5.92 Å². The second-order valence-corrected chi connectivity index (χ2v) is 7.73. The predicted molar refractivity (Wildman–Crippen MR) is 89.5 cm³/mol. The normalized spacial score (nSPS) is 33.4. The Hall–Kier alpha value is -1.14. The van der Waals surface area contributed by atoms with Crippen LogP contribution in [0.2, 0.25) is 5.02 Å². The maximum Gasteiger partial charge on any atom is 0.202 e. The van der Waals surface area contributed by atoms with E-state index in [-0.39, 0.29) is 0 Å². The van der Waals surface area contributed by atoms with Gasteiger partial charge in [-0.25, -0.2) is 15.3 Å². The van der Waals surface area contributed by atoms with Crippen LogP contribution in [0.1, 0.15) is 17.7 Å². The summed E-state index contributed by atoms with van der Waals surface area (Å²) in [6.45, 7) is 3.23. The Bertz CT molecular complexity index is 781. The van der Waals surface area contributed by atoms with Crippen molar-refractivity contribution >= 4 is 38.9 Å². The van der Waals surface area contributed by atoms with Crippen LogP contribution in [0.3, 0.4) is 0 Å². The van der Waals surface area contributed by atoms with Gasteiger partial charge in [0.25, 0.3) is 0 Å². The molecule has 114 valence electrons. The fourth-order valence-electron chi connectivity index (χ4n) is 3.87. The Morgan fingerprint density at radius 1 is 1.32 bits per heavy atom. The van der Waals surface area contributed by atoms with Gasteiger partial charge < -0.3 is 0 Å². The molecule has 0 amide bonds. The van der Waals surface area contributed by atoms with E-state index in [4.69, 9.17) is 21.4 Å². The molecule has 2 aromatic rings. The Morgan fingerprint density at radius 3 is 2.86 bits per heavy atom. The van der Waals surface area contributed by atoms with E-state index < -0.39 is 5.72 Å². The molecular formula is C16H16ClN3OS. The highest BCUT2D eigenvalue weighted by Gasteiger charge is 2.51. The summed E-state index contributed by atoms with van der Waals surface area (Å²) in [7, 11) is 0. The number of fused-ring (bicyclic) bond motifs is 3. The molecule has 1 spiro atoms. The van der Waals surface area contributed by atoms with Crippen LogP contribution >= 0.6 is 22.9 Å². The molecule has 4 aliphatic heterocycles. The van der Waals surface area contributed by atoms with Crippen LogP contribution in [0, 0.1) is 5.92 Å². The lowest BCUT2D eigenvalue weighted by Crippen LogP contribution is -2.58. The number of rotatable bonds is 1. The zero-order chi connectivity index (χ0) is 14.7. The molecule has 22 heavy (non-hydrogen) atoms. The van der Waals surface area contributed by atoms with Crippen LogP contribution in [0.25, 0.3) is 10.1 Å². The molecule has 3 saturated heterocycles. The van der Waals surface area contributed by atoms with E-state index >= 15 is 0 Å². The van der Waals surface area contributed by atoms with E-state index in [1.165, 1.54) is 30.6 Å². The Kier molecular flexibility index (Phi) is 2.83. The fraction of sp³-hybridized carbons (Fsp3) is 0.438. The first-order chi connectivity index (χ1) is 10.8. The molecule has 1 atom stereocenters. The lowest BCUT2D eigenvalue weighted by atomic mass is 9.81. The van der Waals surface area contributed by atoms with Crippen molar-refractivity contribution < 1.29 is 4.84 Å². The number of thiophene rings is 1. The first-order valence-electron chi connectivity index (χ1n) is 7.69. The second-order valence-electron chi connectivity index (χ2n) is 6.30. The van der Waals surface area contributed by atoms with E-state index in [2.05, 4.69) is 22.5 Å². The van der Waals surface area contributed by atoms with Gasteiger partial charge in [0, 0.05) is 16.0 Å². The Labute approximate surface area is 137 Å². The molecule has 0 unspecified atom stereocenters. The first kappa shape index (κ1) is 13.3. The van der Waals surface area contributed by atoms with Crippen LogP contribution in [0.4, 0.5) is 0 Å². The number of halogens is 1. The molecule has 0 radical (unpaired) electrons.